The molecule has 2 atom stereocenters. The summed E-state index contributed by atoms with van der Waals surface area (Å²) in [7, 11) is 3.52. The molecule has 1 amide bonds. The first-order valence-corrected chi connectivity index (χ1v) is 7.20. The Bertz CT molecular complexity index is 313. The molecule has 0 aromatic rings. The molecule has 0 aliphatic carbocycles. The largest absolute Gasteiger partial charge is 0.344 e. The minimum atomic E-state index is -0.635. The molecule has 0 spiro atoms. The summed E-state index contributed by atoms with van der Waals surface area (Å²) < 4.78 is 0. The lowest BCUT2D eigenvalue weighted by Crippen LogP contribution is -2.46. The van der Waals surface area contributed by atoms with Crippen LogP contribution >= 0.6 is 11.8 Å². The Balaban J connectivity index is 4.10. The molecule has 0 heterocycles. The van der Waals surface area contributed by atoms with Crippen LogP contribution < -0.4 is 10.6 Å². The van der Waals surface area contributed by atoms with Crippen molar-refractivity contribution in [3.63, 3.8) is 0 Å². The minimum absolute atomic E-state index is 0.00730. The molecule has 6 nitrogen and oxygen atoms in total. The maximum Gasteiger partial charge on any atom is 0.237 e. The van der Waals surface area contributed by atoms with E-state index in [2.05, 4.69) is 10.6 Å². The summed E-state index contributed by atoms with van der Waals surface area (Å²) in [5, 5.41) is 5.36. The highest BCUT2D eigenvalue weighted by Crippen LogP contribution is 2.05. The molecule has 0 aromatic heterocycles. The number of rotatable bonds is 9. The lowest BCUT2D eigenvalue weighted by atomic mass is 10.3. The fourth-order valence-corrected chi connectivity index (χ4v) is 1.95. The van der Waals surface area contributed by atoms with Gasteiger partial charge in [0, 0.05) is 5.75 Å². The first kappa shape index (κ1) is 18.1. The zero-order valence-corrected chi connectivity index (χ0v) is 12.8. The number of nitrogens with one attached hydrogen (secondary N) is 2. The monoisotopic (exact) mass is 289 g/mol. The number of carbonyl (C=O) groups is 3. The van der Waals surface area contributed by atoms with Crippen LogP contribution in [-0.2, 0) is 14.4 Å². The maximum absolute atomic E-state index is 11.6. The van der Waals surface area contributed by atoms with Crippen molar-refractivity contribution in [2.75, 3.05) is 32.9 Å². The van der Waals surface area contributed by atoms with Crippen molar-refractivity contribution in [1.29, 1.82) is 0 Å². The predicted octanol–water partition coefficient (Wildman–Crippen LogP) is -0.510. The smallest absolute Gasteiger partial charge is 0.237 e. The van der Waals surface area contributed by atoms with Crippen molar-refractivity contribution in [2.45, 2.75) is 25.9 Å². The van der Waals surface area contributed by atoms with Crippen LogP contribution in [0.3, 0.4) is 0 Å². The molecular weight excluding hydrogens is 266 g/mol. The third kappa shape index (κ3) is 7.97. The normalized spacial score (nSPS) is 13.9. The van der Waals surface area contributed by atoms with Crippen molar-refractivity contribution in [1.82, 2.24) is 15.5 Å². The van der Waals surface area contributed by atoms with Crippen LogP contribution in [-0.4, -0.2) is 67.2 Å². The number of thioether (sulfide) groups is 1. The van der Waals surface area contributed by atoms with E-state index in [1.807, 2.05) is 18.9 Å². The Kier molecular flexibility index (Phi) is 9.46. The zero-order chi connectivity index (χ0) is 14.8. The SMILES string of the molecule is CCN(C)CC(=O)SCC(C=O)NC(=O)C(C)NC. The van der Waals surface area contributed by atoms with Crippen LogP contribution in [0.1, 0.15) is 13.8 Å². The van der Waals surface area contributed by atoms with Crippen LogP contribution in [0, 0.1) is 0 Å². The average Bonchev–Trinajstić information content (AvgIpc) is 2.41. The Morgan fingerprint density at radius 1 is 1.42 bits per heavy atom. The van der Waals surface area contributed by atoms with E-state index in [9.17, 15) is 14.4 Å². The topological polar surface area (TPSA) is 78.5 Å². The lowest BCUT2D eigenvalue weighted by molar-refractivity contribution is -0.125. The number of likely N-dealkylation sites (N-methyl/N-ethyl adjacent to an activating group) is 2. The van der Waals surface area contributed by atoms with E-state index in [0.717, 1.165) is 18.3 Å². The van der Waals surface area contributed by atoms with E-state index >= 15 is 0 Å². The quantitative estimate of drug-likeness (QED) is 0.557. The maximum atomic E-state index is 11.6. The lowest BCUT2D eigenvalue weighted by Gasteiger charge is -2.16. The van der Waals surface area contributed by atoms with Gasteiger partial charge in [0.1, 0.15) is 6.29 Å². The van der Waals surface area contributed by atoms with Gasteiger partial charge in [0.05, 0.1) is 18.6 Å². The molecule has 110 valence electrons. The van der Waals surface area contributed by atoms with E-state index < -0.39 is 6.04 Å². The Morgan fingerprint density at radius 2 is 2.05 bits per heavy atom. The molecule has 0 rings (SSSR count). The molecule has 2 unspecified atom stereocenters. The molecule has 7 heteroatoms. The van der Waals surface area contributed by atoms with Gasteiger partial charge in [-0.3, -0.25) is 14.5 Å². The van der Waals surface area contributed by atoms with Gasteiger partial charge in [-0.15, -0.1) is 0 Å². The zero-order valence-electron chi connectivity index (χ0n) is 11.9. The number of amides is 1. The van der Waals surface area contributed by atoms with E-state index in [1.54, 1.807) is 14.0 Å². The van der Waals surface area contributed by atoms with Crippen LogP contribution in [0.25, 0.3) is 0 Å². The molecule has 0 radical (unpaired) electrons. The summed E-state index contributed by atoms with van der Waals surface area (Å²) in [5.74, 6) is 0.0144. The second-order valence-electron chi connectivity index (χ2n) is 4.27. The van der Waals surface area contributed by atoms with Crippen molar-refractivity contribution in [2.24, 2.45) is 0 Å². The minimum Gasteiger partial charge on any atom is -0.344 e. The van der Waals surface area contributed by atoms with Crippen LogP contribution in [0.15, 0.2) is 0 Å². The highest BCUT2D eigenvalue weighted by molar-refractivity contribution is 8.13. The van der Waals surface area contributed by atoms with Gasteiger partial charge in [-0.2, -0.15) is 0 Å². The van der Waals surface area contributed by atoms with Gasteiger partial charge in [0.15, 0.2) is 0 Å². The molecule has 0 aliphatic rings. The second kappa shape index (κ2) is 9.94. The van der Waals surface area contributed by atoms with Crippen molar-refractivity contribution in [3.05, 3.63) is 0 Å². The fraction of sp³-hybridized carbons (Fsp3) is 0.750. The summed E-state index contributed by atoms with van der Waals surface area (Å²) in [6.07, 6.45) is 0.657. The molecule has 0 saturated heterocycles. The number of hydrogen-bond donors (Lipinski definition) is 2. The highest BCUT2D eigenvalue weighted by atomic mass is 32.2. The number of carbonyl (C=O) groups excluding carboxylic acids is 3. The van der Waals surface area contributed by atoms with E-state index in [-0.39, 0.29) is 22.8 Å². The van der Waals surface area contributed by atoms with Gasteiger partial charge < -0.3 is 15.4 Å². The van der Waals surface area contributed by atoms with Gasteiger partial charge in [-0.1, -0.05) is 18.7 Å². The standard InChI is InChI=1S/C12H23N3O3S/c1-5-15(4)6-11(17)19-8-10(7-16)14-12(18)9(2)13-3/h7,9-10,13H,5-6,8H2,1-4H3,(H,14,18). The first-order chi connectivity index (χ1) is 8.94. The summed E-state index contributed by atoms with van der Waals surface area (Å²) in [4.78, 5) is 35.9. The summed E-state index contributed by atoms with van der Waals surface area (Å²) >= 11 is 1.07. The molecule has 19 heavy (non-hydrogen) atoms. The summed E-state index contributed by atoms with van der Waals surface area (Å²) in [6.45, 7) is 4.80. The van der Waals surface area contributed by atoms with Gasteiger partial charge >= 0.3 is 0 Å². The van der Waals surface area contributed by atoms with Crippen molar-refractivity contribution < 1.29 is 14.4 Å². The third-order valence-electron chi connectivity index (χ3n) is 2.68. The molecular formula is C12H23N3O3S. The summed E-state index contributed by atoms with van der Waals surface area (Å²) in [5.41, 5.74) is 0. The number of aldehydes is 1. The molecule has 0 aliphatic heterocycles. The Morgan fingerprint density at radius 3 is 2.53 bits per heavy atom. The first-order valence-electron chi connectivity index (χ1n) is 6.21. The number of nitrogens with zero attached hydrogens (tertiary/aromatic N) is 1. The molecule has 0 fully saturated rings. The number of hydrogen-bond acceptors (Lipinski definition) is 6. The van der Waals surface area contributed by atoms with Crippen LogP contribution in [0.4, 0.5) is 0 Å². The van der Waals surface area contributed by atoms with Gasteiger partial charge in [-0.25, -0.2) is 0 Å². The molecule has 0 aromatic carbocycles. The summed E-state index contributed by atoms with van der Waals surface area (Å²) in [6, 6.07) is -1.00. The molecule has 0 bridgehead atoms. The highest BCUT2D eigenvalue weighted by Gasteiger charge is 2.17. The average molecular weight is 289 g/mol. The van der Waals surface area contributed by atoms with E-state index in [0.29, 0.717) is 12.8 Å². The Hall–Kier alpha value is -0.920. The van der Waals surface area contributed by atoms with Crippen molar-refractivity contribution in [3.8, 4) is 0 Å². The van der Waals surface area contributed by atoms with Crippen LogP contribution in [0.5, 0.6) is 0 Å². The third-order valence-corrected chi connectivity index (χ3v) is 3.66. The molecule has 0 saturated carbocycles. The van der Waals surface area contributed by atoms with Gasteiger partial charge in [-0.05, 0) is 27.6 Å². The second-order valence-corrected chi connectivity index (χ2v) is 5.35. The van der Waals surface area contributed by atoms with Gasteiger partial charge in [0.25, 0.3) is 0 Å². The molecule has 2 N–H and O–H groups in total. The van der Waals surface area contributed by atoms with E-state index in [1.165, 1.54) is 0 Å². The fourth-order valence-electron chi connectivity index (χ4n) is 1.11. The van der Waals surface area contributed by atoms with Gasteiger partial charge in [0.2, 0.25) is 11.0 Å². The predicted molar refractivity (Wildman–Crippen MR) is 77.2 cm³/mol. The van der Waals surface area contributed by atoms with Crippen LogP contribution in [0.2, 0.25) is 0 Å². The van der Waals surface area contributed by atoms with Crippen molar-refractivity contribution >= 4 is 29.1 Å². The van der Waals surface area contributed by atoms with E-state index in [4.69, 9.17) is 0 Å². The Labute approximate surface area is 118 Å².